The predicted octanol–water partition coefficient (Wildman–Crippen LogP) is 4.44. The SMILES string of the molecule is Cc1ccnc(NC2c3cc(Br)ccc3SCC2C)n1. The van der Waals surface area contributed by atoms with Gasteiger partial charge in [-0.15, -0.1) is 11.8 Å². The zero-order valence-corrected chi connectivity index (χ0v) is 13.8. The molecule has 0 amide bonds. The largest absolute Gasteiger partial charge is 0.347 e. The number of aromatic nitrogens is 2. The highest BCUT2D eigenvalue weighted by atomic mass is 79.9. The standard InChI is InChI=1S/C15H16BrN3S/c1-9-8-20-13-4-3-11(16)7-12(13)14(9)19-15-17-6-5-10(2)18-15/h3-7,9,14H,8H2,1-2H3,(H,17,18,19). The maximum absolute atomic E-state index is 4.46. The molecule has 0 spiro atoms. The number of hydrogen-bond acceptors (Lipinski definition) is 4. The van der Waals surface area contributed by atoms with Gasteiger partial charge in [0.25, 0.3) is 0 Å². The molecule has 3 nitrogen and oxygen atoms in total. The van der Waals surface area contributed by atoms with E-state index in [0.29, 0.717) is 11.9 Å². The van der Waals surface area contributed by atoms with Crippen molar-refractivity contribution < 1.29 is 0 Å². The van der Waals surface area contributed by atoms with Crippen LogP contribution in [0, 0.1) is 12.8 Å². The van der Waals surface area contributed by atoms with Gasteiger partial charge in [0.1, 0.15) is 0 Å². The molecule has 0 saturated carbocycles. The van der Waals surface area contributed by atoms with Crippen LogP contribution in [0.1, 0.15) is 24.2 Å². The van der Waals surface area contributed by atoms with Crippen LogP contribution in [-0.2, 0) is 0 Å². The van der Waals surface area contributed by atoms with Crippen molar-refractivity contribution in [2.24, 2.45) is 5.92 Å². The summed E-state index contributed by atoms with van der Waals surface area (Å²) in [7, 11) is 0. The van der Waals surface area contributed by atoms with Gasteiger partial charge in [-0.3, -0.25) is 0 Å². The van der Waals surface area contributed by atoms with E-state index in [1.165, 1.54) is 10.5 Å². The molecule has 0 radical (unpaired) electrons. The highest BCUT2D eigenvalue weighted by Gasteiger charge is 2.27. The zero-order chi connectivity index (χ0) is 14.1. The van der Waals surface area contributed by atoms with Crippen LogP contribution in [0.3, 0.4) is 0 Å². The third-order valence-electron chi connectivity index (χ3n) is 3.46. The number of hydrogen-bond donors (Lipinski definition) is 1. The average molecular weight is 350 g/mol. The monoisotopic (exact) mass is 349 g/mol. The van der Waals surface area contributed by atoms with Gasteiger partial charge in [0.15, 0.2) is 0 Å². The number of nitrogens with one attached hydrogen (secondary N) is 1. The Morgan fingerprint density at radius 3 is 3.00 bits per heavy atom. The number of anilines is 1. The topological polar surface area (TPSA) is 37.8 Å². The fraction of sp³-hybridized carbons (Fsp3) is 0.333. The third kappa shape index (κ3) is 2.83. The molecule has 2 heterocycles. The van der Waals surface area contributed by atoms with Crippen LogP contribution in [0.2, 0.25) is 0 Å². The van der Waals surface area contributed by atoms with Crippen LogP contribution in [0.5, 0.6) is 0 Å². The van der Waals surface area contributed by atoms with Gasteiger partial charge in [-0.2, -0.15) is 0 Å². The van der Waals surface area contributed by atoms with Crippen LogP contribution in [-0.4, -0.2) is 15.7 Å². The third-order valence-corrected chi connectivity index (χ3v) is 5.33. The number of rotatable bonds is 2. The van der Waals surface area contributed by atoms with Crippen LogP contribution in [0.15, 0.2) is 39.8 Å². The summed E-state index contributed by atoms with van der Waals surface area (Å²) in [5.41, 5.74) is 2.31. The van der Waals surface area contributed by atoms with Gasteiger partial charge in [0.2, 0.25) is 5.95 Å². The number of aryl methyl sites for hydroxylation is 1. The smallest absolute Gasteiger partial charge is 0.223 e. The van der Waals surface area contributed by atoms with Gasteiger partial charge in [-0.05, 0) is 42.7 Å². The Labute approximate surface area is 131 Å². The first-order valence-corrected chi connectivity index (χ1v) is 8.40. The molecule has 1 aromatic carbocycles. The van der Waals surface area contributed by atoms with E-state index in [-0.39, 0.29) is 6.04 Å². The minimum Gasteiger partial charge on any atom is -0.347 e. The van der Waals surface area contributed by atoms with Crippen molar-refractivity contribution in [3.63, 3.8) is 0 Å². The molecule has 0 fully saturated rings. The van der Waals surface area contributed by atoms with Crippen molar-refractivity contribution in [2.75, 3.05) is 11.1 Å². The summed E-state index contributed by atoms with van der Waals surface area (Å²) in [6.45, 7) is 4.25. The highest BCUT2D eigenvalue weighted by Crippen LogP contribution is 2.41. The Morgan fingerprint density at radius 2 is 2.20 bits per heavy atom. The normalized spacial score (nSPS) is 21.4. The zero-order valence-electron chi connectivity index (χ0n) is 11.4. The summed E-state index contributed by atoms with van der Waals surface area (Å²) in [5.74, 6) is 2.35. The van der Waals surface area contributed by atoms with Crippen molar-refractivity contribution in [1.29, 1.82) is 0 Å². The predicted molar refractivity (Wildman–Crippen MR) is 87.2 cm³/mol. The van der Waals surface area contributed by atoms with E-state index in [1.54, 1.807) is 6.20 Å². The Balaban J connectivity index is 1.94. The van der Waals surface area contributed by atoms with Gasteiger partial charge >= 0.3 is 0 Å². The molecule has 1 aromatic heterocycles. The second kappa shape index (κ2) is 5.74. The number of fused-ring (bicyclic) bond motifs is 1. The van der Waals surface area contributed by atoms with Crippen molar-refractivity contribution in [3.05, 3.63) is 46.2 Å². The first-order valence-electron chi connectivity index (χ1n) is 6.62. The molecular weight excluding hydrogens is 334 g/mol. The minimum absolute atomic E-state index is 0.255. The summed E-state index contributed by atoms with van der Waals surface area (Å²) >= 11 is 5.49. The lowest BCUT2D eigenvalue weighted by molar-refractivity contribution is 0.535. The molecule has 3 rings (SSSR count). The fourth-order valence-corrected chi connectivity index (χ4v) is 3.93. The van der Waals surface area contributed by atoms with Crippen molar-refractivity contribution in [3.8, 4) is 0 Å². The van der Waals surface area contributed by atoms with Gasteiger partial charge in [0, 0.05) is 27.0 Å². The molecule has 2 aromatic rings. The quantitative estimate of drug-likeness (QED) is 0.869. The maximum Gasteiger partial charge on any atom is 0.223 e. The summed E-state index contributed by atoms with van der Waals surface area (Å²) in [4.78, 5) is 10.1. The molecule has 1 aliphatic heterocycles. The Bertz CT molecular complexity index is 632. The molecule has 0 aliphatic carbocycles. The van der Waals surface area contributed by atoms with Crippen LogP contribution in [0.25, 0.3) is 0 Å². The molecule has 0 saturated heterocycles. The number of benzene rings is 1. The van der Waals surface area contributed by atoms with E-state index in [0.717, 1.165) is 15.9 Å². The summed E-state index contributed by atoms with van der Waals surface area (Å²) in [5, 5.41) is 3.50. The van der Waals surface area contributed by atoms with E-state index in [1.807, 2.05) is 24.8 Å². The van der Waals surface area contributed by atoms with E-state index in [4.69, 9.17) is 0 Å². The minimum atomic E-state index is 0.255. The second-order valence-corrected chi connectivity index (χ2v) is 7.09. The van der Waals surface area contributed by atoms with Gasteiger partial charge in [-0.1, -0.05) is 22.9 Å². The number of nitrogens with zero attached hydrogens (tertiary/aromatic N) is 2. The van der Waals surface area contributed by atoms with Crippen molar-refractivity contribution in [1.82, 2.24) is 9.97 Å². The average Bonchev–Trinajstić information content (AvgIpc) is 2.42. The van der Waals surface area contributed by atoms with Crippen LogP contribution < -0.4 is 5.32 Å². The van der Waals surface area contributed by atoms with E-state index in [9.17, 15) is 0 Å². The van der Waals surface area contributed by atoms with Crippen molar-refractivity contribution >= 4 is 33.6 Å². The van der Waals surface area contributed by atoms with Crippen LogP contribution >= 0.6 is 27.7 Å². The summed E-state index contributed by atoms with van der Waals surface area (Å²) < 4.78 is 1.11. The lowest BCUT2D eigenvalue weighted by Crippen LogP contribution is -2.25. The molecule has 104 valence electrons. The summed E-state index contributed by atoms with van der Waals surface area (Å²) in [6, 6.07) is 8.65. The van der Waals surface area contributed by atoms with Gasteiger partial charge in [0.05, 0.1) is 6.04 Å². The van der Waals surface area contributed by atoms with E-state index < -0.39 is 0 Å². The molecule has 20 heavy (non-hydrogen) atoms. The molecular formula is C15H16BrN3S. The molecule has 1 aliphatic rings. The Kier molecular flexibility index (Phi) is 3.98. The lowest BCUT2D eigenvalue weighted by Gasteiger charge is -2.31. The Hall–Kier alpha value is -1.07. The lowest BCUT2D eigenvalue weighted by atomic mass is 9.95. The molecule has 1 N–H and O–H groups in total. The molecule has 0 bridgehead atoms. The molecule has 5 heteroatoms. The number of halogens is 1. The molecule has 2 atom stereocenters. The fourth-order valence-electron chi connectivity index (χ4n) is 2.40. The van der Waals surface area contributed by atoms with Crippen molar-refractivity contribution in [2.45, 2.75) is 24.8 Å². The second-order valence-electron chi connectivity index (χ2n) is 5.11. The van der Waals surface area contributed by atoms with E-state index >= 15 is 0 Å². The first-order chi connectivity index (χ1) is 9.63. The van der Waals surface area contributed by atoms with E-state index in [2.05, 4.69) is 56.3 Å². The number of thioether (sulfide) groups is 1. The maximum atomic E-state index is 4.46. The van der Waals surface area contributed by atoms with Crippen LogP contribution in [0.4, 0.5) is 5.95 Å². The van der Waals surface area contributed by atoms with Gasteiger partial charge < -0.3 is 5.32 Å². The summed E-state index contributed by atoms with van der Waals surface area (Å²) in [6.07, 6.45) is 1.80. The Morgan fingerprint density at radius 1 is 1.35 bits per heavy atom. The highest BCUT2D eigenvalue weighted by molar-refractivity contribution is 9.10. The van der Waals surface area contributed by atoms with Gasteiger partial charge in [-0.25, -0.2) is 9.97 Å². The molecule has 2 unspecified atom stereocenters. The first kappa shape index (κ1) is 13.9.